The molecule has 0 spiro atoms. The lowest BCUT2D eigenvalue weighted by molar-refractivity contribution is -0.134. The molecule has 2 rings (SSSR count). The third-order valence-corrected chi connectivity index (χ3v) is 6.40. The number of hydrogen-bond donors (Lipinski definition) is 3. The summed E-state index contributed by atoms with van der Waals surface area (Å²) in [5.41, 5.74) is 8.03. The Labute approximate surface area is 211 Å². The number of imide groups is 1. The van der Waals surface area contributed by atoms with Crippen LogP contribution in [0.4, 0.5) is 0 Å². The summed E-state index contributed by atoms with van der Waals surface area (Å²) in [5, 5.41) is 11.8. The van der Waals surface area contributed by atoms with Gasteiger partial charge in [0.2, 0.25) is 11.8 Å². The predicted molar refractivity (Wildman–Crippen MR) is 140 cm³/mol. The second-order valence-corrected chi connectivity index (χ2v) is 9.82. The molecule has 3 atom stereocenters. The predicted octanol–water partition coefficient (Wildman–Crippen LogP) is 2.42. The van der Waals surface area contributed by atoms with Crippen molar-refractivity contribution >= 4 is 35.0 Å². The number of nitrogens with two attached hydrogens (primary N) is 1. The second kappa shape index (κ2) is 15.6. The van der Waals surface area contributed by atoms with Crippen molar-refractivity contribution in [1.29, 1.82) is 0 Å². The summed E-state index contributed by atoms with van der Waals surface area (Å²) in [7, 11) is -0.891. The maximum atomic E-state index is 12.8. The van der Waals surface area contributed by atoms with E-state index in [9.17, 15) is 18.9 Å². The van der Waals surface area contributed by atoms with Gasteiger partial charge in [-0.1, -0.05) is 42.5 Å². The molecule has 4 N–H and O–H groups in total. The lowest BCUT2D eigenvalue weighted by atomic mass is 10.1. The fourth-order valence-electron chi connectivity index (χ4n) is 3.56. The molecular formula is C25H36ClN3O4S. The average molecular weight is 510 g/mol. The lowest BCUT2D eigenvalue weighted by Crippen LogP contribution is -2.52. The molecule has 2 amide bonds. The average Bonchev–Trinajstić information content (AvgIpc) is 2.79. The Bertz CT molecular complexity index is 912. The van der Waals surface area contributed by atoms with Gasteiger partial charge in [0, 0.05) is 22.8 Å². The molecule has 0 fully saturated rings. The highest BCUT2D eigenvalue weighted by Gasteiger charge is 2.25. The Morgan fingerprint density at radius 1 is 1.00 bits per heavy atom. The van der Waals surface area contributed by atoms with E-state index in [1.165, 1.54) is 17.7 Å². The molecule has 0 aliphatic heterocycles. The number of halogens is 1. The summed E-state index contributed by atoms with van der Waals surface area (Å²) >= 11 is 0. The van der Waals surface area contributed by atoms with Crippen molar-refractivity contribution in [3.05, 3.63) is 65.7 Å². The van der Waals surface area contributed by atoms with Crippen molar-refractivity contribution in [3.8, 4) is 5.75 Å². The SMILES string of the molecule is C[C@H](C(=O)NC(=O)[C@@H](N)Cc1ccc(O)cc1)N(CCCc1ccccc1)CCCS(C)=O.Cl. The van der Waals surface area contributed by atoms with Crippen molar-refractivity contribution in [2.24, 2.45) is 5.73 Å². The van der Waals surface area contributed by atoms with Gasteiger partial charge in [-0.3, -0.25) is 24.0 Å². The minimum absolute atomic E-state index is 0. The number of phenols is 1. The van der Waals surface area contributed by atoms with Crippen LogP contribution in [-0.2, 0) is 33.2 Å². The van der Waals surface area contributed by atoms with Crippen LogP contribution in [0, 0.1) is 0 Å². The van der Waals surface area contributed by atoms with Crippen LogP contribution < -0.4 is 11.1 Å². The number of benzene rings is 2. The van der Waals surface area contributed by atoms with E-state index < -0.39 is 34.7 Å². The Hall–Kier alpha value is -2.26. The molecule has 0 radical (unpaired) electrons. The van der Waals surface area contributed by atoms with Crippen LogP contribution in [0.3, 0.4) is 0 Å². The van der Waals surface area contributed by atoms with Gasteiger partial charge in [-0.25, -0.2) is 0 Å². The van der Waals surface area contributed by atoms with E-state index in [1.807, 2.05) is 23.1 Å². The molecule has 2 aromatic carbocycles. The van der Waals surface area contributed by atoms with Crippen LogP contribution in [0.5, 0.6) is 5.75 Å². The molecule has 0 aliphatic rings. The first-order chi connectivity index (χ1) is 15.8. The van der Waals surface area contributed by atoms with E-state index >= 15 is 0 Å². The fourth-order valence-corrected chi connectivity index (χ4v) is 4.10. The van der Waals surface area contributed by atoms with Crippen LogP contribution >= 0.6 is 12.4 Å². The maximum Gasteiger partial charge on any atom is 0.243 e. The number of aromatic hydroxyl groups is 1. The number of nitrogens with one attached hydrogen (secondary N) is 1. The first-order valence-corrected chi connectivity index (χ1v) is 12.9. The molecule has 0 saturated carbocycles. The van der Waals surface area contributed by atoms with Crippen LogP contribution in [-0.4, -0.2) is 63.2 Å². The van der Waals surface area contributed by atoms with Crippen LogP contribution in [0.2, 0.25) is 0 Å². The first-order valence-electron chi connectivity index (χ1n) is 11.2. The Balaban J connectivity index is 0.00000578. The minimum atomic E-state index is -0.891. The van der Waals surface area contributed by atoms with Crippen molar-refractivity contribution in [3.63, 3.8) is 0 Å². The molecule has 2 aromatic rings. The van der Waals surface area contributed by atoms with Crippen LogP contribution in [0.1, 0.15) is 30.9 Å². The molecular weight excluding hydrogens is 474 g/mol. The topological polar surface area (TPSA) is 113 Å². The standard InChI is InChI=1S/C25H35N3O4S.ClH/c1-19(24(30)27-25(31)23(26)18-21-11-13-22(29)14-12-21)28(16-7-17-33(2)32)15-6-10-20-8-4-3-5-9-20;/h3-5,8-9,11-14,19,23,29H,6-7,10,15-18,26H2,1-2H3,(H,27,30,31);1H/t19-,23+,33?;/m1./s1. The van der Waals surface area contributed by atoms with Gasteiger partial charge >= 0.3 is 0 Å². The molecule has 1 unspecified atom stereocenters. The number of hydrogen-bond acceptors (Lipinski definition) is 6. The Morgan fingerprint density at radius 3 is 2.24 bits per heavy atom. The van der Waals surface area contributed by atoms with Crippen LogP contribution in [0.15, 0.2) is 54.6 Å². The summed E-state index contributed by atoms with van der Waals surface area (Å²) < 4.78 is 11.5. The molecule has 34 heavy (non-hydrogen) atoms. The highest BCUT2D eigenvalue weighted by molar-refractivity contribution is 7.84. The summed E-state index contributed by atoms with van der Waals surface area (Å²) in [6, 6.07) is 15.2. The molecule has 0 bridgehead atoms. The number of rotatable bonds is 13. The monoisotopic (exact) mass is 509 g/mol. The fraction of sp³-hybridized carbons (Fsp3) is 0.440. The quantitative estimate of drug-likeness (QED) is 0.382. The Kier molecular flexibility index (Phi) is 13.7. The summed E-state index contributed by atoms with van der Waals surface area (Å²) in [4.78, 5) is 27.3. The summed E-state index contributed by atoms with van der Waals surface area (Å²) in [5.74, 6) is -0.211. The molecule has 9 heteroatoms. The maximum absolute atomic E-state index is 12.8. The molecule has 0 aliphatic carbocycles. The Morgan fingerprint density at radius 2 is 1.62 bits per heavy atom. The molecule has 0 heterocycles. The first kappa shape index (κ1) is 29.8. The zero-order chi connectivity index (χ0) is 24.2. The van der Waals surface area contributed by atoms with E-state index in [4.69, 9.17) is 5.73 Å². The summed E-state index contributed by atoms with van der Waals surface area (Å²) in [6.45, 7) is 3.09. The van der Waals surface area contributed by atoms with Crippen LogP contribution in [0.25, 0.3) is 0 Å². The van der Waals surface area contributed by atoms with Crippen molar-refractivity contribution in [1.82, 2.24) is 10.2 Å². The minimum Gasteiger partial charge on any atom is -0.508 e. The second-order valence-electron chi connectivity index (χ2n) is 8.26. The van der Waals surface area contributed by atoms with Gasteiger partial charge in [0.25, 0.3) is 0 Å². The highest BCUT2D eigenvalue weighted by atomic mass is 35.5. The van der Waals surface area contributed by atoms with Gasteiger partial charge in [-0.15, -0.1) is 12.4 Å². The normalized spacial score (nSPS) is 13.5. The third-order valence-electron chi connectivity index (χ3n) is 5.53. The number of amides is 2. The van der Waals surface area contributed by atoms with Gasteiger partial charge < -0.3 is 10.8 Å². The smallest absolute Gasteiger partial charge is 0.243 e. The molecule has 7 nitrogen and oxygen atoms in total. The lowest BCUT2D eigenvalue weighted by Gasteiger charge is -2.28. The van der Waals surface area contributed by atoms with Crippen molar-refractivity contribution < 1.29 is 18.9 Å². The number of nitrogens with zero attached hydrogens (tertiary/aromatic N) is 1. The number of carbonyl (C=O) groups excluding carboxylic acids is 2. The van der Waals surface area contributed by atoms with Crippen molar-refractivity contribution in [2.75, 3.05) is 25.1 Å². The largest absolute Gasteiger partial charge is 0.508 e. The number of carbonyl (C=O) groups is 2. The van der Waals surface area contributed by atoms with E-state index in [0.29, 0.717) is 25.3 Å². The van der Waals surface area contributed by atoms with E-state index in [-0.39, 0.29) is 24.6 Å². The van der Waals surface area contributed by atoms with Gasteiger partial charge in [0.1, 0.15) is 5.75 Å². The van der Waals surface area contributed by atoms with Crippen molar-refractivity contribution in [2.45, 2.75) is 44.7 Å². The zero-order valence-corrected chi connectivity index (χ0v) is 21.4. The van der Waals surface area contributed by atoms with E-state index in [1.54, 1.807) is 25.3 Å². The van der Waals surface area contributed by atoms with Gasteiger partial charge in [0.15, 0.2) is 0 Å². The molecule has 0 saturated heterocycles. The molecule has 188 valence electrons. The molecule has 0 aromatic heterocycles. The van der Waals surface area contributed by atoms with E-state index in [0.717, 1.165) is 18.4 Å². The number of phenolic OH excluding ortho intramolecular Hbond substituents is 1. The third kappa shape index (κ3) is 10.8. The van der Waals surface area contributed by atoms with Gasteiger partial charge in [-0.05, 0) is 69.0 Å². The van der Waals surface area contributed by atoms with E-state index in [2.05, 4.69) is 17.4 Å². The van der Waals surface area contributed by atoms with Gasteiger partial charge in [-0.2, -0.15) is 0 Å². The highest BCUT2D eigenvalue weighted by Crippen LogP contribution is 2.11. The zero-order valence-electron chi connectivity index (χ0n) is 19.8. The summed E-state index contributed by atoms with van der Waals surface area (Å²) in [6.07, 6.45) is 4.40. The number of aryl methyl sites for hydroxylation is 1. The van der Waals surface area contributed by atoms with Gasteiger partial charge in [0.05, 0.1) is 12.1 Å².